The SMILES string of the molecule is N[C@@H]1CN(S(=O)(=O)c2cccc3nonc23)C[C@H]1c1ccccc1. The standard InChI is InChI=1S/C16H16N4O3S/c17-13-10-20(9-12(13)11-5-2-1-3-6-11)24(21,22)15-8-4-7-14-16(15)19-23-18-14/h1-8,12-13H,9-10,17H2/t12-,13+/m0/s1. The van der Waals surface area contributed by atoms with E-state index in [1.54, 1.807) is 12.1 Å². The topological polar surface area (TPSA) is 102 Å². The third-order valence-corrected chi connectivity index (χ3v) is 6.29. The molecular formula is C16H16N4O3S. The van der Waals surface area contributed by atoms with Crippen LogP contribution in [0, 0.1) is 0 Å². The molecule has 1 aliphatic rings. The van der Waals surface area contributed by atoms with Gasteiger partial charge in [0, 0.05) is 25.0 Å². The molecule has 0 unspecified atom stereocenters. The molecule has 1 aromatic heterocycles. The summed E-state index contributed by atoms with van der Waals surface area (Å²) in [5.41, 5.74) is 7.92. The fraction of sp³-hybridized carbons (Fsp3) is 0.250. The molecule has 3 aromatic rings. The number of fused-ring (bicyclic) bond motifs is 1. The van der Waals surface area contributed by atoms with Crippen LogP contribution < -0.4 is 5.73 Å². The summed E-state index contributed by atoms with van der Waals surface area (Å²) in [4.78, 5) is 0.0992. The van der Waals surface area contributed by atoms with Gasteiger partial charge in [0.25, 0.3) is 0 Å². The van der Waals surface area contributed by atoms with E-state index in [0.29, 0.717) is 12.1 Å². The zero-order valence-corrected chi connectivity index (χ0v) is 13.6. The second kappa shape index (κ2) is 5.66. The zero-order chi connectivity index (χ0) is 16.7. The lowest BCUT2D eigenvalue weighted by molar-refractivity contribution is 0.315. The first kappa shape index (κ1) is 15.3. The predicted molar refractivity (Wildman–Crippen MR) is 87.7 cm³/mol. The zero-order valence-electron chi connectivity index (χ0n) is 12.7. The Balaban J connectivity index is 1.70. The maximum atomic E-state index is 13.0. The Morgan fingerprint density at radius 2 is 1.83 bits per heavy atom. The molecule has 0 radical (unpaired) electrons. The van der Waals surface area contributed by atoms with Crippen molar-refractivity contribution in [3.05, 3.63) is 54.1 Å². The summed E-state index contributed by atoms with van der Waals surface area (Å²) < 4.78 is 32.1. The Hall–Kier alpha value is -2.29. The summed E-state index contributed by atoms with van der Waals surface area (Å²) in [5.74, 6) is -0.0318. The van der Waals surface area contributed by atoms with E-state index in [9.17, 15) is 8.42 Å². The van der Waals surface area contributed by atoms with Crippen molar-refractivity contribution in [3.8, 4) is 0 Å². The Bertz CT molecular complexity index is 971. The van der Waals surface area contributed by atoms with Gasteiger partial charge in [0.1, 0.15) is 10.4 Å². The monoisotopic (exact) mass is 344 g/mol. The average molecular weight is 344 g/mol. The molecule has 24 heavy (non-hydrogen) atoms. The second-order valence-electron chi connectivity index (χ2n) is 5.89. The number of sulfonamides is 1. The summed E-state index contributed by atoms with van der Waals surface area (Å²) in [6.07, 6.45) is 0. The van der Waals surface area contributed by atoms with Gasteiger partial charge in [0.05, 0.1) is 0 Å². The predicted octanol–water partition coefficient (Wildman–Crippen LogP) is 1.34. The largest absolute Gasteiger partial charge is 0.326 e. The molecule has 1 saturated heterocycles. The van der Waals surface area contributed by atoms with E-state index in [2.05, 4.69) is 14.9 Å². The Labute approximate surface area is 139 Å². The van der Waals surface area contributed by atoms with Crippen molar-refractivity contribution < 1.29 is 13.0 Å². The highest BCUT2D eigenvalue weighted by Crippen LogP contribution is 2.32. The first-order valence-electron chi connectivity index (χ1n) is 7.59. The molecular weight excluding hydrogens is 328 g/mol. The molecule has 2 atom stereocenters. The Morgan fingerprint density at radius 3 is 2.62 bits per heavy atom. The number of nitrogens with two attached hydrogens (primary N) is 1. The molecule has 1 aliphatic heterocycles. The number of hydrogen-bond acceptors (Lipinski definition) is 6. The minimum Gasteiger partial charge on any atom is -0.326 e. The Kier molecular flexibility index (Phi) is 3.60. The molecule has 1 fully saturated rings. The van der Waals surface area contributed by atoms with Gasteiger partial charge in [0.15, 0.2) is 5.52 Å². The van der Waals surface area contributed by atoms with Crippen molar-refractivity contribution in [1.82, 2.24) is 14.6 Å². The number of benzene rings is 2. The Morgan fingerprint density at radius 1 is 1.04 bits per heavy atom. The van der Waals surface area contributed by atoms with Gasteiger partial charge in [0.2, 0.25) is 10.0 Å². The van der Waals surface area contributed by atoms with Gasteiger partial charge in [-0.1, -0.05) is 36.4 Å². The molecule has 2 N–H and O–H groups in total. The maximum Gasteiger partial charge on any atom is 0.245 e. The summed E-state index contributed by atoms with van der Waals surface area (Å²) in [7, 11) is -3.72. The van der Waals surface area contributed by atoms with Gasteiger partial charge < -0.3 is 5.73 Å². The van der Waals surface area contributed by atoms with E-state index in [0.717, 1.165) is 5.56 Å². The average Bonchev–Trinajstić information content (AvgIpc) is 3.21. The van der Waals surface area contributed by atoms with Crippen LogP contribution in [0.15, 0.2) is 58.1 Å². The van der Waals surface area contributed by atoms with E-state index < -0.39 is 10.0 Å². The smallest absolute Gasteiger partial charge is 0.245 e. The van der Waals surface area contributed by atoms with E-state index in [1.807, 2.05) is 30.3 Å². The van der Waals surface area contributed by atoms with Gasteiger partial charge in [-0.2, -0.15) is 4.31 Å². The van der Waals surface area contributed by atoms with Crippen LogP contribution in [0.5, 0.6) is 0 Å². The van der Waals surface area contributed by atoms with Crippen molar-refractivity contribution in [2.75, 3.05) is 13.1 Å². The molecule has 124 valence electrons. The summed E-state index contributed by atoms with van der Waals surface area (Å²) in [6, 6.07) is 14.3. The molecule has 8 heteroatoms. The van der Waals surface area contributed by atoms with Gasteiger partial charge in [-0.25, -0.2) is 13.0 Å². The van der Waals surface area contributed by atoms with Crippen molar-refractivity contribution >= 4 is 21.1 Å². The van der Waals surface area contributed by atoms with Crippen molar-refractivity contribution in [1.29, 1.82) is 0 Å². The van der Waals surface area contributed by atoms with Crippen LogP contribution in [-0.4, -0.2) is 42.2 Å². The first-order chi connectivity index (χ1) is 11.6. The molecule has 2 aromatic carbocycles. The van der Waals surface area contributed by atoms with Crippen LogP contribution >= 0.6 is 0 Å². The van der Waals surface area contributed by atoms with Crippen molar-refractivity contribution in [3.63, 3.8) is 0 Å². The maximum absolute atomic E-state index is 13.0. The second-order valence-corrected chi connectivity index (χ2v) is 7.80. The van der Waals surface area contributed by atoms with Crippen LogP contribution in [-0.2, 0) is 10.0 Å². The molecule has 2 heterocycles. The normalized spacial score (nSPS) is 22.2. The third-order valence-electron chi connectivity index (χ3n) is 4.43. The highest BCUT2D eigenvalue weighted by atomic mass is 32.2. The lowest BCUT2D eigenvalue weighted by Crippen LogP contribution is -2.32. The van der Waals surface area contributed by atoms with E-state index in [-0.39, 0.29) is 28.9 Å². The van der Waals surface area contributed by atoms with Crippen LogP contribution in [0.4, 0.5) is 0 Å². The molecule has 0 spiro atoms. The van der Waals surface area contributed by atoms with Gasteiger partial charge >= 0.3 is 0 Å². The van der Waals surface area contributed by atoms with Gasteiger partial charge in [-0.3, -0.25) is 0 Å². The summed E-state index contributed by atoms with van der Waals surface area (Å²) in [6.45, 7) is 0.610. The van der Waals surface area contributed by atoms with Crippen LogP contribution in [0.2, 0.25) is 0 Å². The lowest BCUT2D eigenvalue weighted by atomic mass is 9.95. The van der Waals surface area contributed by atoms with Crippen LogP contribution in [0.25, 0.3) is 11.0 Å². The minimum absolute atomic E-state index is 0.0318. The molecule has 0 aliphatic carbocycles. The highest BCUT2D eigenvalue weighted by molar-refractivity contribution is 7.89. The molecule has 4 rings (SSSR count). The van der Waals surface area contributed by atoms with E-state index in [4.69, 9.17) is 5.73 Å². The van der Waals surface area contributed by atoms with Crippen molar-refractivity contribution in [2.24, 2.45) is 5.73 Å². The fourth-order valence-corrected chi connectivity index (χ4v) is 4.81. The quantitative estimate of drug-likeness (QED) is 0.769. The van der Waals surface area contributed by atoms with Gasteiger partial charge in [-0.15, -0.1) is 0 Å². The fourth-order valence-electron chi connectivity index (χ4n) is 3.17. The number of rotatable bonds is 3. The van der Waals surface area contributed by atoms with Crippen molar-refractivity contribution in [2.45, 2.75) is 16.9 Å². The molecule has 7 nitrogen and oxygen atoms in total. The molecule has 0 amide bonds. The summed E-state index contributed by atoms with van der Waals surface area (Å²) in [5, 5.41) is 7.43. The van der Waals surface area contributed by atoms with Crippen LogP contribution in [0.1, 0.15) is 11.5 Å². The number of hydrogen-bond donors (Lipinski definition) is 1. The minimum atomic E-state index is -3.72. The third kappa shape index (κ3) is 2.39. The van der Waals surface area contributed by atoms with Gasteiger partial charge in [-0.05, 0) is 28.0 Å². The summed E-state index contributed by atoms with van der Waals surface area (Å²) >= 11 is 0. The van der Waals surface area contributed by atoms with E-state index in [1.165, 1.54) is 10.4 Å². The number of nitrogens with zero attached hydrogens (tertiary/aromatic N) is 3. The van der Waals surface area contributed by atoms with Crippen LogP contribution in [0.3, 0.4) is 0 Å². The lowest BCUT2D eigenvalue weighted by Gasteiger charge is -2.16. The highest BCUT2D eigenvalue weighted by Gasteiger charge is 2.39. The van der Waals surface area contributed by atoms with E-state index >= 15 is 0 Å². The molecule has 0 bridgehead atoms. The first-order valence-corrected chi connectivity index (χ1v) is 9.03. The molecule has 0 saturated carbocycles. The number of aromatic nitrogens is 2.